The second kappa shape index (κ2) is 8.35. The summed E-state index contributed by atoms with van der Waals surface area (Å²) in [7, 11) is 0. The highest BCUT2D eigenvalue weighted by molar-refractivity contribution is 7.16. The molecule has 0 aliphatic heterocycles. The van der Waals surface area contributed by atoms with Gasteiger partial charge >= 0.3 is 5.97 Å². The zero-order valence-electron chi connectivity index (χ0n) is 17.6. The average molecular weight is 429 g/mol. The fraction of sp³-hybridized carbons (Fsp3) is 0.381. The van der Waals surface area contributed by atoms with Crippen LogP contribution in [-0.2, 0) is 16.1 Å². The number of carbonyl (C=O) groups is 2. The summed E-state index contributed by atoms with van der Waals surface area (Å²) in [4.78, 5) is 41.7. The molecule has 1 aromatic carbocycles. The number of anilines is 1. The predicted octanol–water partition coefficient (Wildman–Crippen LogP) is 3.62. The van der Waals surface area contributed by atoms with Crippen molar-refractivity contribution in [3.8, 4) is 0 Å². The van der Waals surface area contributed by atoms with Crippen LogP contribution in [0.15, 0.2) is 35.1 Å². The molecular weight excluding hydrogens is 404 g/mol. The summed E-state index contributed by atoms with van der Waals surface area (Å²) in [6.45, 7) is 9.26. The zero-order valence-corrected chi connectivity index (χ0v) is 18.4. The van der Waals surface area contributed by atoms with Crippen LogP contribution in [0, 0.1) is 5.41 Å². The molecule has 0 spiro atoms. The van der Waals surface area contributed by atoms with Crippen molar-refractivity contribution in [1.29, 1.82) is 0 Å². The van der Waals surface area contributed by atoms with Gasteiger partial charge in [0.25, 0.3) is 5.56 Å². The second-order valence-corrected chi connectivity index (χ2v) is 9.22. The summed E-state index contributed by atoms with van der Waals surface area (Å²) in [5.41, 5.74) is 0.277. The van der Waals surface area contributed by atoms with Crippen molar-refractivity contribution in [3.63, 3.8) is 0 Å². The van der Waals surface area contributed by atoms with E-state index in [1.54, 1.807) is 45.0 Å². The van der Waals surface area contributed by atoms with Crippen LogP contribution >= 0.6 is 11.3 Å². The van der Waals surface area contributed by atoms with Gasteiger partial charge in [-0.3, -0.25) is 9.59 Å². The topological polar surface area (TPSA) is 103 Å². The number of carbonyl (C=O) groups excluding carboxylic acids is 2. The van der Waals surface area contributed by atoms with E-state index in [2.05, 4.69) is 15.4 Å². The summed E-state index contributed by atoms with van der Waals surface area (Å²) in [5.74, 6) is -0.546. The number of benzene rings is 1. The molecule has 8 nitrogen and oxygen atoms in total. The number of nitrogens with zero attached hydrogens (tertiary/aromatic N) is 3. The number of amides is 1. The lowest BCUT2D eigenvalue weighted by molar-refractivity contribution is -0.123. The Labute approximate surface area is 177 Å². The van der Waals surface area contributed by atoms with Crippen molar-refractivity contribution >= 4 is 33.9 Å². The molecule has 1 N–H and O–H groups in total. The number of fused-ring (bicyclic) bond motifs is 1. The average Bonchev–Trinajstić information content (AvgIpc) is 3.11. The van der Waals surface area contributed by atoms with E-state index in [1.165, 1.54) is 21.9 Å². The van der Waals surface area contributed by atoms with Gasteiger partial charge in [-0.15, -0.1) is 0 Å². The Morgan fingerprint density at radius 1 is 1.23 bits per heavy atom. The molecule has 1 amide bonds. The summed E-state index contributed by atoms with van der Waals surface area (Å²) < 4.78 is 6.58. The largest absolute Gasteiger partial charge is 0.456 e. The highest BCUT2D eigenvalue weighted by Gasteiger charge is 2.21. The standard InChI is InChI=1S/C21H24N4O4S/c1-12(2)17-24-25-16(26)10-15(23-20(25)30-17)11-29-18(27)13-7-6-8-14(9-13)22-19(28)21(3,4)5/h6-10,12H,11H2,1-5H3,(H,22,28). The molecule has 0 unspecified atom stereocenters. The van der Waals surface area contributed by atoms with E-state index in [0.29, 0.717) is 21.9 Å². The summed E-state index contributed by atoms with van der Waals surface area (Å²) >= 11 is 1.33. The van der Waals surface area contributed by atoms with Crippen molar-refractivity contribution in [3.05, 3.63) is 57.0 Å². The molecule has 0 radical (unpaired) electrons. The molecular formula is C21H24N4O4S. The maximum atomic E-state index is 12.4. The van der Waals surface area contributed by atoms with Gasteiger partial charge in [-0.1, -0.05) is 52.0 Å². The van der Waals surface area contributed by atoms with Gasteiger partial charge in [-0.25, -0.2) is 9.78 Å². The highest BCUT2D eigenvalue weighted by Crippen LogP contribution is 2.21. The van der Waals surface area contributed by atoms with E-state index in [4.69, 9.17) is 4.74 Å². The minimum Gasteiger partial charge on any atom is -0.456 e. The van der Waals surface area contributed by atoms with Crippen LogP contribution in [0.25, 0.3) is 4.96 Å². The smallest absolute Gasteiger partial charge is 0.338 e. The van der Waals surface area contributed by atoms with Gasteiger partial charge in [0.05, 0.1) is 11.3 Å². The summed E-state index contributed by atoms with van der Waals surface area (Å²) in [5, 5.41) is 7.85. The van der Waals surface area contributed by atoms with E-state index in [-0.39, 0.29) is 24.0 Å². The van der Waals surface area contributed by atoms with Crippen LogP contribution in [0.5, 0.6) is 0 Å². The maximum absolute atomic E-state index is 12.4. The molecule has 0 aliphatic carbocycles. The number of aromatic nitrogens is 3. The summed E-state index contributed by atoms with van der Waals surface area (Å²) in [6.07, 6.45) is 0. The van der Waals surface area contributed by atoms with E-state index in [1.807, 2.05) is 13.8 Å². The Bertz CT molecular complexity index is 1160. The lowest BCUT2D eigenvalue weighted by Crippen LogP contribution is -2.27. The summed E-state index contributed by atoms with van der Waals surface area (Å²) in [6, 6.07) is 7.82. The minimum absolute atomic E-state index is 0.141. The molecule has 2 heterocycles. The van der Waals surface area contributed by atoms with Crippen molar-refractivity contribution in [2.24, 2.45) is 5.41 Å². The van der Waals surface area contributed by atoms with Crippen LogP contribution < -0.4 is 10.9 Å². The Hall–Kier alpha value is -3.07. The van der Waals surface area contributed by atoms with Crippen LogP contribution in [0.3, 0.4) is 0 Å². The zero-order chi connectivity index (χ0) is 22.1. The van der Waals surface area contributed by atoms with Gasteiger partial charge in [0.1, 0.15) is 11.6 Å². The third kappa shape index (κ3) is 4.91. The molecule has 3 aromatic rings. The number of rotatable bonds is 5. The molecule has 2 aromatic heterocycles. The molecule has 0 fully saturated rings. The Balaban J connectivity index is 1.72. The number of ether oxygens (including phenoxy) is 1. The quantitative estimate of drug-likeness (QED) is 0.623. The third-order valence-electron chi connectivity index (χ3n) is 4.20. The van der Waals surface area contributed by atoms with Gasteiger partial charge in [-0.2, -0.15) is 9.61 Å². The van der Waals surface area contributed by atoms with Crippen LogP contribution in [0.1, 0.15) is 61.6 Å². The first-order valence-electron chi connectivity index (χ1n) is 9.53. The van der Waals surface area contributed by atoms with Crippen molar-refractivity contribution in [2.45, 2.75) is 47.1 Å². The van der Waals surface area contributed by atoms with Gasteiger partial charge in [0.15, 0.2) is 0 Å². The van der Waals surface area contributed by atoms with Crippen LogP contribution in [0.2, 0.25) is 0 Å². The molecule has 0 atom stereocenters. The second-order valence-electron chi connectivity index (χ2n) is 8.24. The Kier molecular flexibility index (Phi) is 6.02. The number of hydrogen-bond donors (Lipinski definition) is 1. The SMILES string of the molecule is CC(C)c1nn2c(=O)cc(COC(=O)c3cccc(NC(=O)C(C)(C)C)c3)nc2s1. The van der Waals surface area contributed by atoms with Gasteiger partial charge in [-0.05, 0) is 18.2 Å². The number of hydrogen-bond acceptors (Lipinski definition) is 7. The number of esters is 1. The molecule has 30 heavy (non-hydrogen) atoms. The first kappa shape index (κ1) is 21.6. The fourth-order valence-corrected chi connectivity index (χ4v) is 3.37. The van der Waals surface area contributed by atoms with Crippen molar-refractivity contribution in [1.82, 2.24) is 14.6 Å². The van der Waals surface area contributed by atoms with Gasteiger partial charge < -0.3 is 10.1 Å². The molecule has 0 saturated heterocycles. The van der Waals surface area contributed by atoms with Crippen LogP contribution in [0.4, 0.5) is 5.69 Å². The Morgan fingerprint density at radius 2 is 1.97 bits per heavy atom. The highest BCUT2D eigenvalue weighted by atomic mass is 32.1. The predicted molar refractivity (Wildman–Crippen MR) is 115 cm³/mol. The minimum atomic E-state index is -0.573. The maximum Gasteiger partial charge on any atom is 0.338 e. The van der Waals surface area contributed by atoms with Gasteiger partial charge in [0.2, 0.25) is 10.9 Å². The van der Waals surface area contributed by atoms with E-state index in [0.717, 1.165) is 5.01 Å². The number of nitrogens with one attached hydrogen (secondary N) is 1. The first-order chi connectivity index (χ1) is 14.0. The van der Waals surface area contributed by atoms with Crippen LogP contribution in [-0.4, -0.2) is 26.5 Å². The first-order valence-corrected chi connectivity index (χ1v) is 10.3. The van der Waals surface area contributed by atoms with E-state index < -0.39 is 11.4 Å². The molecule has 158 valence electrons. The lowest BCUT2D eigenvalue weighted by atomic mass is 9.95. The molecule has 3 rings (SSSR count). The lowest BCUT2D eigenvalue weighted by Gasteiger charge is -2.17. The van der Waals surface area contributed by atoms with Gasteiger partial charge in [0, 0.05) is 23.1 Å². The van der Waals surface area contributed by atoms with E-state index >= 15 is 0 Å². The fourth-order valence-electron chi connectivity index (χ4n) is 2.44. The van der Waals surface area contributed by atoms with Crippen molar-refractivity contribution < 1.29 is 14.3 Å². The molecule has 0 saturated carbocycles. The molecule has 0 bridgehead atoms. The normalized spacial score (nSPS) is 11.7. The molecule has 9 heteroatoms. The third-order valence-corrected chi connectivity index (χ3v) is 5.41. The Morgan fingerprint density at radius 3 is 2.63 bits per heavy atom. The molecule has 0 aliphatic rings. The van der Waals surface area contributed by atoms with Crippen molar-refractivity contribution in [2.75, 3.05) is 5.32 Å². The monoisotopic (exact) mass is 428 g/mol. The van der Waals surface area contributed by atoms with E-state index in [9.17, 15) is 14.4 Å².